The van der Waals surface area contributed by atoms with Crippen LogP contribution in [0.2, 0.25) is 0 Å². The molecule has 2 fully saturated rings. The molecule has 0 aromatic carbocycles. The molecule has 1 spiro atoms. The first kappa shape index (κ1) is 17.2. The van der Waals surface area contributed by atoms with Crippen molar-refractivity contribution in [2.45, 2.75) is 46.2 Å². The molecule has 4 rings (SSSR count). The molecule has 2 aliphatic heterocycles. The molecule has 8 heteroatoms. The molecule has 2 saturated heterocycles. The second-order valence-electron chi connectivity index (χ2n) is 7.74. The second-order valence-corrected chi connectivity index (χ2v) is 7.74. The summed E-state index contributed by atoms with van der Waals surface area (Å²) in [6, 6.07) is 0.144. The number of imidazole rings is 1. The van der Waals surface area contributed by atoms with Crippen molar-refractivity contribution in [2.75, 3.05) is 26.2 Å². The number of aromatic nitrogens is 4. The molecular weight excluding hydrogens is 332 g/mol. The average Bonchev–Trinajstić information content (AvgIpc) is 3.39. The average molecular weight is 358 g/mol. The molecule has 0 radical (unpaired) electrons. The van der Waals surface area contributed by atoms with E-state index < -0.39 is 0 Å². The number of hydrogen-bond acceptors (Lipinski definition) is 6. The first-order valence-corrected chi connectivity index (χ1v) is 9.26. The van der Waals surface area contributed by atoms with Crippen molar-refractivity contribution in [1.82, 2.24) is 29.5 Å². The van der Waals surface area contributed by atoms with Gasteiger partial charge in [0.15, 0.2) is 5.82 Å². The highest BCUT2D eigenvalue weighted by Gasteiger charge is 2.46. The standard InChI is InChI=1S/C18H26N6O2/c1-13(17-20-15(3)26-21-17)23-7-4-18(11-23)5-8-24(12-18)16(25)10-22-9-6-19-14(22)2/h6,9,13H,4-5,7-8,10-12H2,1-3H3. The van der Waals surface area contributed by atoms with Gasteiger partial charge in [0.25, 0.3) is 0 Å². The molecule has 8 nitrogen and oxygen atoms in total. The van der Waals surface area contributed by atoms with Crippen LogP contribution < -0.4 is 0 Å². The molecule has 0 N–H and O–H groups in total. The van der Waals surface area contributed by atoms with E-state index in [4.69, 9.17) is 4.52 Å². The number of likely N-dealkylation sites (tertiary alicyclic amines) is 2. The zero-order valence-electron chi connectivity index (χ0n) is 15.7. The summed E-state index contributed by atoms with van der Waals surface area (Å²) in [5.74, 6) is 2.42. The molecule has 26 heavy (non-hydrogen) atoms. The smallest absolute Gasteiger partial charge is 0.242 e. The number of nitrogens with zero attached hydrogens (tertiary/aromatic N) is 6. The van der Waals surface area contributed by atoms with E-state index >= 15 is 0 Å². The minimum absolute atomic E-state index is 0.144. The van der Waals surface area contributed by atoms with Gasteiger partial charge in [0, 0.05) is 44.4 Å². The van der Waals surface area contributed by atoms with Crippen LogP contribution in [0.15, 0.2) is 16.9 Å². The number of carbonyl (C=O) groups excluding carboxylic acids is 1. The molecule has 0 aliphatic carbocycles. The van der Waals surface area contributed by atoms with Crippen molar-refractivity contribution < 1.29 is 9.32 Å². The lowest BCUT2D eigenvalue weighted by Crippen LogP contribution is -2.36. The Morgan fingerprint density at radius 3 is 2.81 bits per heavy atom. The van der Waals surface area contributed by atoms with Crippen molar-refractivity contribution >= 4 is 5.91 Å². The van der Waals surface area contributed by atoms with Crippen LogP contribution in [0.5, 0.6) is 0 Å². The van der Waals surface area contributed by atoms with Crippen LogP contribution in [0.3, 0.4) is 0 Å². The quantitative estimate of drug-likeness (QED) is 0.825. The Morgan fingerprint density at radius 2 is 2.12 bits per heavy atom. The third-order valence-electron chi connectivity index (χ3n) is 5.95. The second kappa shape index (κ2) is 6.50. The van der Waals surface area contributed by atoms with Crippen molar-refractivity contribution in [3.63, 3.8) is 0 Å². The summed E-state index contributed by atoms with van der Waals surface area (Å²) >= 11 is 0. The summed E-state index contributed by atoms with van der Waals surface area (Å²) in [5.41, 5.74) is 0.201. The van der Waals surface area contributed by atoms with E-state index in [1.165, 1.54) is 0 Å². The zero-order valence-corrected chi connectivity index (χ0v) is 15.7. The first-order valence-electron chi connectivity index (χ1n) is 9.26. The van der Waals surface area contributed by atoms with Crippen LogP contribution in [0, 0.1) is 19.3 Å². The van der Waals surface area contributed by atoms with E-state index in [1.807, 2.05) is 29.5 Å². The van der Waals surface area contributed by atoms with Crippen LogP contribution in [-0.4, -0.2) is 61.6 Å². The van der Waals surface area contributed by atoms with Gasteiger partial charge in [-0.25, -0.2) is 4.98 Å². The third-order valence-corrected chi connectivity index (χ3v) is 5.95. The lowest BCUT2D eigenvalue weighted by molar-refractivity contribution is -0.131. The molecule has 2 aliphatic rings. The Bertz CT molecular complexity index is 799. The topological polar surface area (TPSA) is 80.3 Å². The first-order chi connectivity index (χ1) is 12.5. The third kappa shape index (κ3) is 3.13. The highest BCUT2D eigenvalue weighted by molar-refractivity contribution is 5.76. The van der Waals surface area contributed by atoms with Crippen LogP contribution >= 0.6 is 0 Å². The van der Waals surface area contributed by atoms with Gasteiger partial charge in [-0.05, 0) is 33.2 Å². The fraction of sp³-hybridized carbons (Fsp3) is 0.667. The fourth-order valence-corrected chi connectivity index (χ4v) is 4.25. The molecule has 0 saturated carbocycles. The van der Waals surface area contributed by atoms with Crippen molar-refractivity contribution in [2.24, 2.45) is 5.41 Å². The van der Waals surface area contributed by atoms with Crippen LogP contribution in [-0.2, 0) is 11.3 Å². The Kier molecular flexibility index (Phi) is 4.30. The minimum atomic E-state index is 0.144. The summed E-state index contributed by atoms with van der Waals surface area (Å²) in [5, 5.41) is 4.07. The Balaban J connectivity index is 1.37. The van der Waals surface area contributed by atoms with Gasteiger partial charge in [-0.3, -0.25) is 9.69 Å². The van der Waals surface area contributed by atoms with Crippen molar-refractivity contribution in [1.29, 1.82) is 0 Å². The Hall–Kier alpha value is -2.22. The molecule has 4 heterocycles. The van der Waals surface area contributed by atoms with Crippen LogP contribution in [0.25, 0.3) is 0 Å². The predicted molar refractivity (Wildman–Crippen MR) is 94.2 cm³/mol. The minimum Gasteiger partial charge on any atom is -0.341 e. The summed E-state index contributed by atoms with van der Waals surface area (Å²) < 4.78 is 7.03. The summed E-state index contributed by atoms with van der Waals surface area (Å²) in [4.78, 5) is 25.7. The lowest BCUT2D eigenvalue weighted by Gasteiger charge is -2.27. The summed E-state index contributed by atoms with van der Waals surface area (Å²) in [6.45, 7) is 9.93. The van der Waals surface area contributed by atoms with E-state index in [0.717, 1.165) is 50.7 Å². The molecule has 2 aromatic rings. The maximum Gasteiger partial charge on any atom is 0.242 e. The van der Waals surface area contributed by atoms with Gasteiger partial charge in [0.1, 0.15) is 12.4 Å². The van der Waals surface area contributed by atoms with E-state index in [2.05, 4.69) is 26.9 Å². The van der Waals surface area contributed by atoms with Gasteiger partial charge in [0.2, 0.25) is 11.8 Å². The number of aryl methyl sites for hydroxylation is 2. The van der Waals surface area contributed by atoms with Gasteiger partial charge in [-0.1, -0.05) is 5.16 Å². The van der Waals surface area contributed by atoms with Crippen LogP contribution in [0.1, 0.15) is 43.3 Å². The SMILES string of the molecule is Cc1nc(C(C)N2CCC3(CCN(C(=O)Cn4ccnc4C)C3)C2)no1. The molecular formula is C18H26N6O2. The fourth-order valence-electron chi connectivity index (χ4n) is 4.25. The molecule has 2 unspecified atom stereocenters. The van der Waals surface area contributed by atoms with E-state index in [9.17, 15) is 4.79 Å². The number of amides is 1. The predicted octanol–water partition coefficient (Wildman–Crippen LogP) is 1.57. The van der Waals surface area contributed by atoms with Gasteiger partial charge >= 0.3 is 0 Å². The van der Waals surface area contributed by atoms with E-state index in [0.29, 0.717) is 12.4 Å². The maximum absolute atomic E-state index is 12.7. The zero-order chi connectivity index (χ0) is 18.3. The van der Waals surface area contributed by atoms with Gasteiger partial charge < -0.3 is 14.0 Å². The summed E-state index contributed by atoms with van der Waals surface area (Å²) in [6.07, 6.45) is 5.78. The molecule has 2 aromatic heterocycles. The van der Waals surface area contributed by atoms with Gasteiger partial charge in [-0.2, -0.15) is 4.98 Å². The maximum atomic E-state index is 12.7. The van der Waals surface area contributed by atoms with Crippen molar-refractivity contribution in [3.05, 3.63) is 29.9 Å². The normalized spacial score (nSPS) is 24.7. The van der Waals surface area contributed by atoms with Crippen LogP contribution in [0.4, 0.5) is 0 Å². The van der Waals surface area contributed by atoms with Crippen molar-refractivity contribution in [3.8, 4) is 0 Å². The van der Waals surface area contributed by atoms with Gasteiger partial charge in [0.05, 0.1) is 6.04 Å². The molecule has 1 amide bonds. The van der Waals surface area contributed by atoms with E-state index in [-0.39, 0.29) is 17.4 Å². The number of rotatable bonds is 4. The highest BCUT2D eigenvalue weighted by Crippen LogP contribution is 2.42. The Morgan fingerprint density at radius 1 is 1.31 bits per heavy atom. The highest BCUT2D eigenvalue weighted by atomic mass is 16.5. The Labute approximate surface area is 153 Å². The molecule has 2 atom stereocenters. The number of carbonyl (C=O) groups is 1. The number of hydrogen-bond donors (Lipinski definition) is 0. The van der Waals surface area contributed by atoms with Gasteiger partial charge in [-0.15, -0.1) is 0 Å². The largest absolute Gasteiger partial charge is 0.341 e. The molecule has 140 valence electrons. The molecule has 0 bridgehead atoms. The monoisotopic (exact) mass is 358 g/mol. The lowest BCUT2D eigenvalue weighted by atomic mass is 9.86. The van der Waals surface area contributed by atoms with E-state index in [1.54, 1.807) is 6.20 Å². The summed E-state index contributed by atoms with van der Waals surface area (Å²) in [7, 11) is 0.